The van der Waals surface area contributed by atoms with Crippen molar-refractivity contribution in [3.05, 3.63) is 69.8 Å². The van der Waals surface area contributed by atoms with Gasteiger partial charge in [-0.2, -0.15) is 5.10 Å². The Morgan fingerprint density at radius 2 is 1.64 bits per heavy atom. The van der Waals surface area contributed by atoms with E-state index in [9.17, 15) is 18.4 Å². The SMILES string of the molecule is COC(=O)c1c(-c2c(Br)ccc(F)c2F)nn(-c2ccccc2)c1C(=O)OC. The molecule has 0 fully saturated rings. The number of hydrogen-bond donors (Lipinski definition) is 0. The van der Waals surface area contributed by atoms with Crippen LogP contribution in [-0.4, -0.2) is 35.9 Å². The van der Waals surface area contributed by atoms with Crippen molar-refractivity contribution < 1.29 is 27.8 Å². The van der Waals surface area contributed by atoms with Gasteiger partial charge in [0.2, 0.25) is 0 Å². The summed E-state index contributed by atoms with van der Waals surface area (Å²) in [5.74, 6) is -4.21. The Morgan fingerprint density at radius 3 is 2.25 bits per heavy atom. The maximum atomic E-state index is 14.6. The van der Waals surface area contributed by atoms with Crippen molar-refractivity contribution >= 4 is 27.9 Å². The maximum Gasteiger partial charge on any atom is 0.357 e. The van der Waals surface area contributed by atoms with E-state index in [0.717, 1.165) is 25.0 Å². The number of rotatable bonds is 4. The molecule has 0 atom stereocenters. The maximum absolute atomic E-state index is 14.6. The van der Waals surface area contributed by atoms with Gasteiger partial charge in [-0.25, -0.2) is 23.1 Å². The van der Waals surface area contributed by atoms with Crippen molar-refractivity contribution in [2.45, 2.75) is 0 Å². The highest BCUT2D eigenvalue weighted by molar-refractivity contribution is 9.10. The van der Waals surface area contributed by atoms with Gasteiger partial charge in [0, 0.05) is 4.47 Å². The van der Waals surface area contributed by atoms with E-state index in [2.05, 4.69) is 21.0 Å². The standard InChI is InChI=1S/C19H13BrF2N2O4/c1-27-18(25)14-16(13-11(20)8-9-12(21)15(13)22)23-24(17(14)19(26)28-2)10-6-4-3-5-7-10/h3-9H,1-2H3. The fourth-order valence-electron chi connectivity index (χ4n) is 2.67. The predicted molar refractivity (Wildman–Crippen MR) is 99.3 cm³/mol. The number of methoxy groups -OCH3 is 2. The molecule has 3 rings (SSSR count). The lowest BCUT2D eigenvalue weighted by molar-refractivity contribution is 0.0549. The van der Waals surface area contributed by atoms with Gasteiger partial charge in [0.15, 0.2) is 17.3 Å². The second kappa shape index (κ2) is 7.89. The van der Waals surface area contributed by atoms with Crippen LogP contribution in [0, 0.1) is 11.6 Å². The lowest BCUT2D eigenvalue weighted by atomic mass is 10.0. The summed E-state index contributed by atoms with van der Waals surface area (Å²) in [6.07, 6.45) is 0. The first-order valence-electron chi connectivity index (χ1n) is 7.89. The molecule has 1 heterocycles. The van der Waals surface area contributed by atoms with Crippen LogP contribution in [0.2, 0.25) is 0 Å². The van der Waals surface area contributed by atoms with Gasteiger partial charge in [-0.1, -0.05) is 18.2 Å². The number of aromatic nitrogens is 2. The highest BCUT2D eigenvalue weighted by Gasteiger charge is 2.33. The van der Waals surface area contributed by atoms with Crippen molar-refractivity contribution in [3.63, 3.8) is 0 Å². The number of ether oxygens (including phenoxy) is 2. The number of nitrogens with zero attached hydrogens (tertiary/aromatic N) is 2. The number of para-hydroxylation sites is 1. The summed E-state index contributed by atoms with van der Waals surface area (Å²) in [6, 6.07) is 10.6. The smallest absolute Gasteiger partial charge is 0.357 e. The van der Waals surface area contributed by atoms with Gasteiger partial charge in [0.05, 0.1) is 25.5 Å². The molecule has 0 saturated carbocycles. The third-order valence-electron chi connectivity index (χ3n) is 3.94. The minimum Gasteiger partial charge on any atom is -0.465 e. The molecule has 0 saturated heterocycles. The monoisotopic (exact) mass is 450 g/mol. The van der Waals surface area contributed by atoms with E-state index in [-0.39, 0.29) is 27.0 Å². The molecule has 0 bridgehead atoms. The molecule has 2 aromatic carbocycles. The first-order valence-corrected chi connectivity index (χ1v) is 8.69. The van der Waals surface area contributed by atoms with Gasteiger partial charge in [-0.15, -0.1) is 0 Å². The quantitative estimate of drug-likeness (QED) is 0.441. The second-order valence-electron chi connectivity index (χ2n) is 5.52. The van der Waals surface area contributed by atoms with Crippen LogP contribution in [0.1, 0.15) is 20.8 Å². The number of esters is 2. The van der Waals surface area contributed by atoms with Gasteiger partial charge in [0.1, 0.15) is 11.3 Å². The van der Waals surface area contributed by atoms with E-state index < -0.39 is 23.6 Å². The molecule has 1 aromatic heterocycles. The molecule has 9 heteroatoms. The molecule has 0 amide bonds. The average Bonchev–Trinajstić information content (AvgIpc) is 3.10. The Morgan fingerprint density at radius 1 is 1.00 bits per heavy atom. The summed E-state index contributed by atoms with van der Waals surface area (Å²) < 4.78 is 39.3. The molecule has 0 unspecified atom stereocenters. The number of hydrogen-bond acceptors (Lipinski definition) is 5. The zero-order chi connectivity index (χ0) is 20.4. The fourth-order valence-corrected chi connectivity index (χ4v) is 3.17. The van der Waals surface area contributed by atoms with Crippen LogP contribution >= 0.6 is 15.9 Å². The Hall–Kier alpha value is -3.07. The third kappa shape index (κ3) is 3.29. The van der Waals surface area contributed by atoms with Gasteiger partial charge in [-0.05, 0) is 40.2 Å². The molecule has 28 heavy (non-hydrogen) atoms. The Labute approximate surface area is 166 Å². The Kier molecular flexibility index (Phi) is 5.55. The number of carbonyl (C=O) groups is 2. The van der Waals surface area contributed by atoms with Crippen molar-refractivity contribution in [3.8, 4) is 16.9 Å². The number of benzene rings is 2. The zero-order valence-electron chi connectivity index (χ0n) is 14.7. The average molecular weight is 451 g/mol. The van der Waals surface area contributed by atoms with Crippen molar-refractivity contribution in [1.82, 2.24) is 9.78 Å². The Balaban J connectivity index is 2.45. The first-order chi connectivity index (χ1) is 13.4. The van der Waals surface area contributed by atoms with Crippen LogP contribution in [0.4, 0.5) is 8.78 Å². The van der Waals surface area contributed by atoms with E-state index in [1.54, 1.807) is 30.3 Å². The van der Waals surface area contributed by atoms with Gasteiger partial charge >= 0.3 is 11.9 Å². The van der Waals surface area contributed by atoms with Crippen LogP contribution in [0.15, 0.2) is 46.9 Å². The lowest BCUT2D eigenvalue weighted by Gasteiger charge is -2.07. The third-order valence-corrected chi connectivity index (χ3v) is 4.60. The van der Waals surface area contributed by atoms with Gasteiger partial charge in [0.25, 0.3) is 0 Å². The zero-order valence-corrected chi connectivity index (χ0v) is 16.3. The molecule has 0 spiro atoms. The molecule has 0 radical (unpaired) electrons. The van der Waals surface area contributed by atoms with E-state index in [1.165, 1.54) is 6.07 Å². The molecule has 144 valence electrons. The topological polar surface area (TPSA) is 70.4 Å². The largest absolute Gasteiger partial charge is 0.465 e. The first kappa shape index (κ1) is 19.7. The summed E-state index contributed by atoms with van der Waals surface area (Å²) >= 11 is 3.14. The van der Waals surface area contributed by atoms with E-state index >= 15 is 0 Å². The molecular formula is C19H13BrF2N2O4. The highest BCUT2D eigenvalue weighted by atomic mass is 79.9. The van der Waals surface area contributed by atoms with Gasteiger partial charge in [-0.3, -0.25) is 0 Å². The number of halogens is 3. The van der Waals surface area contributed by atoms with E-state index in [1.807, 2.05) is 0 Å². The predicted octanol–water partition coefficient (Wildman–Crippen LogP) is 4.15. The van der Waals surface area contributed by atoms with E-state index in [4.69, 9.17) is 9.47 Å². The highest BCUT2D eigenvalue weighted by Crippen LogP contribution is 2.36. The summed E-state index contributed by atoms with van der Waals surface area (Å²) in [6.45, 7) is 0. The molecule has 0 aliphatic heterocycles. The lowest BCUT2D eigenvalue weighted by Crippen LogP contribution is -2.15. The minimum atomic E-state index is -1.23. The van der Waals surface area contributed by atoms with Crippen LogP contribution in [0.3, 0.4) is 0 Å². The van der Waals surface area contributed by atoms with Crippen molar-refractivity contribution in [2.75, 3.05) is 14.2 Å². The summed E-state index contributed by atoms with van der Waals surface area (Å²) in [7, 11) is 2.23. The fraction of sp³-hybridized carbons (Fsp3) is 0.105. The summed E-state index contributed by atoms with van der Waals surface area (Å²) in [5, 5.41) is 4.23. The molecule has 6 nitrogen and oxygen atoms in total. The molecule has 3 aromatic rings. The molecule has 0 aliphatic carbocycles. The van der Waals surface area contributed by atoms with Crippen LogP contribution in [0.25, 0.3) is 16.9 Å². The molecular weight excluding hydrogens is 438 g/mol. The second-order valence-corrected chi connectivity index (χ2v) is 6.38. The normalized spacial score (nSPS) is 10.6. The summed E-state index contributed by atoms with van der Waals surface area (Å²) in [4.78, 5) is 24.9. The van der Waals surface area contributed by atoms with Crippen LogP contribution < -0.4 is 0 Å². The van der Waals surface area contributed by atoms with Gasteiger partial charge < -0.3 is 9.47 Å². The van der Waals surface area contributed by atoms with Crippen molar-refractivity contribution in [2.24, 2.45) is 0 Å². The summed E-state index contributed by atoms with van der Waals surface area (Å²) in [5.41, 5.74) is -0.790. The molecule has 0 N–H and O–H groups in total. The van der Waals surface area contributed by atoms with Crippen molar-refractivity contribution in [1.29, 1.82) is 0 Å². The van der Waals surface area contributed by atoms with Crippen LogP contribution in [0.5, 0.6) is 0 Å². The van der Waals surface area contributed by atoms with Crippen LogP contribution in [-0.2, 0) is 9.47 Å². The minimum absolute atomic E-state index is 0.144. The number of carbonyl (C=O) groups excluding carboxylic acids is 2. The Bertz CT molecular complexity index is 1070. The van der Waals surface area contributed by atoms with E-state index in [0.29, 0.717) is 5.69 Å². The molecule has 0 aliphatic rings.